The van der Waals surface area contributed by atoms with Crippen LogP contribution in [0.15, 0.2) is 15.1 Å². The van der Waals surface area contributed by atoms with Crippen molar-refractivity contribution in [3.05, 3.63) is 20.8 Å². The number of rotatable bonds is 1. The van der Waals surface area contributed by atoms with Crippen molar-refractivity contribution in [1.29, 1.82) is 0 Å². The van der Waals surface area contributed by atoms with Crippen LogP contribution in [-0.2, 0) is 0 Å². The van der Waals surface area contributed by atoms with Crippen molar-refractivity contribution >= 4 is 37.8 Å². The van der Waals surface area contributed by atoms with Crippen LogP contribution < -0.4 is 5.73 Å². The van der Waals surface area contributed by atoms with Crippen LogP contribution in [0.5, 0.6) is 5.75 Å². The fraction of sp³-hybridized carbons (Fsp3) is 0. The van der Waals surface area contributed by atoms with Gasteiger partial charge < -0.3 is 10.8 Å². The van der Waals surface area contributed by atoms with E-state index in [-0.39, 0.29) is 16.0 Å². The summed E-state index contributed by atoms with van der Waals surface area (Å²) in [6, 6.07) is 1.35. The van der Waals surface area contributed by atoms with Gasteiger partial charge in [0.15, 0.2) is 5.75 Å². The van der Waals surface area contributed by atoms with Gasteiger partial charge in [-0.25, -0.2) is 4.98 Å². The minimum Gasteiger partial charge on any atom is -0.504 e. The summed E-state index contributed by atoms with van der Waals surface area (Å²) in [5.41, 5.74) is 5.07. The average Bonchev–Trinajstić information content (AvgIpc) is 1.99. The van der Waals surface area contributed by atoms with Gasteiger partial charge in [-0.1, -0.05) is 0 Å². The summed E-state index contributed by atoms with van der Waals surface area (Å²) in [5, 5.41) is 9.20. The van der Waals surface area contributed by atoms with Gasteiger partial charge in [-0.3, -0.25) is 4.79 Å². The summed E-state index contributed by atoms with van der Waals surface area (Å²) in [7, 11) is 0. The number of carbonyl (C=O) groups excluding carboxylic acids is 1. The predicted octanol–water partition coefficient (Wildman–Crippen LogP) is 1.41. The summed E-state index contributed by atoms with van der Waals surface area (Å²) in [6.07, 6.45) is 0. The van der Waals surface area contributed by atoms with Crippen LogP contribution in [0.4, 0.5) is 0 Å². The molecule has 0 spiro atoms. The first kappa shape index (κ1) is 9.47. The second kappa shape index (κ2) is 3.40. The third-order valence-electron chi connectivity index (χ3n) is 1.16. The molecule has 12 heavy (non-hydrogen) atoms. The van der Waals surface area contributed by atoms with Gasteiger partial charge in [0, 0.05) is 0 Å². The van der Waals surface area contributed by atoms with E-state index in [0.717, 1.165) is 0 Å². The zero-order chi connectivity index (χ0) is 9.30. The smallest absolute Gasteiger partial charge is 0.267 e. The number of nitrogens with two attached hydrogens (primary N) is 1. The number of halogens is 2. The molecule has 6 heteroatoms. The minimum absolute atomic E-state index is 0.0556. The first-order chi connectivity index (χ1) is 5.52. The zero-order valence-electron chi connectivity index (χ0n) is 5.71. The highest BCUT2D eigenvalue weighted by atomic mass is 79.9. The minimum atomic E-state index is -0.642. The molecule has 0 saturated carbocycles. The number of carbonyl (C=O) groups is 1. The molecule has 0 aliphatic rings. The third-order valence-corrected chi connectivity index (χ3v) is 2.31. The van der Waals surface area contributed by atoms with Gasteiger partial charge in [0.05, 0.1) is 4.47 Å². The molecule has 0 aliphatic carbocycles. The van der Waals surface area contributed by atoms with Crippen LogP contribution in [0.25, 0.3) is 0 Å². The molecule has 0 radical (unpaired) electrons. The molecule has 3 N–H and O–H groups in total. The van der Waals surface area contributed by atoms with E-state index in [0.29, 0.717) is 4.47 Å². The summed E-state index contributed by atoms with van der Waals surface area (Å²) >= 11 is 6.00. The van der Waals surface area contributed by atoms with Crippen LogP contribution in [0.3, 0.4) is 0 Å². The van der Waals surface area contributed by atoms with Gasteiger partial charge in [-0.2, -0.15) is 0 Å². The fourth-order valence-corrected chi connectivity index (χ4v) is 1.68. The third kappa shape index (κ3) is 1.75. The molecular weight excluding hydrogens is 292 g/mol. The maximum absolute atomic E-state index is 10.7. The van der Waals surface area contributed by atoms with Crippen molar-refractivity contribution in [2.24, 2.45) is 5.73 Å². The van der Waals surface area contributed by atoms with E-state index in [1.165, 1.54) is 6.07 Å². The number of aromatic nitrogens is 1. The van der Waals surface area contributed by atoms with Gasteiger partial charge >= 0.3 is 0 Å². The standard InChI is InChI=1S/C6H4Br2N2O2/c7-2-1-3(6(9)12)10-5(8)4(2)11/h1,11H,(H2,9,12). The number of hydrogen-bond acceptors (Lipinski definition) is 3. The van der Waals surface area contributed by atoms with Gasteiger partial charge in [-0.05, 0) is 37.9 Å². The molecule has 1 heterocycles. The highest BCUT2D eigenvalue weighted by Crippen LogP contribution is 2.30. The van der Waals surface area contributed by atoms with Crippen LogP contribution in [-0.4, -0.2) is 16.0 Å². The maximum Gasteiger partial charge on any atom is 0.267 e. The van der Waals surface area contributed by atoms with Crippen molar-refractivity contribution in [2.45, 2.75) is 0 Å². The van der Waals surface area contributed by atoms with E-state index in [4.69, 9.17) is 5.73 Å². The van der Waals surface area contributed by atoms with Gasteiger partial charge in [-0.15, -0.1) is 0 Å². The normalized spacial score (nSPS) is 9.83. The molecule has 0 atom stereocenters. The first-order valence-corrected chi connectivity index (χ1v) is 4.45. The number of pyridine rings is 1. The highest BCUT2D eigenvalue weighted by molar-refractivity contribution is 9.11. The molecule has 0 saturated heterocycles. The van der Waals surface area contributed by atoms with Crippen molar-refractivity contribution in [1.82, 2.24) is 4.98 Å². The summed E-state index contributed by atoms with van der Waals surface area (Å²) < 4.78 is 0.559. The molecule has 0 fully saturated rings. The second-order valence-electron chi connectivity index (χ2n) is 1.99. The average molecular weight is 296 g/mol. The molecule has 1 rings (SSSR count). The van der Waals surface area contributed by atoms with Crippen molar-refractivity contribution in [2.75, 3.05) is 0 Å². The number of nitrogens with zero attached hydrogens (tertiary/aromatic N) is 1. The van der Waals surface area contributed by atoms with Crippen molar-refractivity contribution < 1.29 is 9.90 Å². The predicted molar refractivity (Wildman–Crippen MR) is 49.8 cm³/mol. The summed E-state index contributed by atoms with van der Waals surface area (Å²) in [5.74, 6) is -0.698. The van der Waals surface area contributed by atoms with Crippen molar-refractivity contribution in [3.8, 4) is 5.75 Å². The summed E-state index contributed by atoms with van der Waals surface area (Å²) in [6.45, 7) is 0. The zero-order valence-corrected chi connectivity index (χ0v) is 8.89. The second-order valence-corrected chi connectivity index (χ2v) is 3.60. The van der Waals surface area contributed by atoms with Crippen LogP contribution in [0.2, 0.25) is 0 Å². The van der Waals surface area contributed by atoms with Gasteiger partial charge in [0.25, 0.3) is 5.91 Å². The highest BCUT2D eigenvalue weighted by Gasteiger charge is 2.10. The lowest BCUT2D eigenvalue weighted by atomic mass is 10.3. The van der Waals surface area contributed by atoms with Gasteiger partial charge in [0.1, 0.15) is 10.3 Å². The Kier molecular flexibility index (Phi) is 2.69. The maximum atomic E-state index is 10.7. The number of amides is 1. The van der Waals surface area contributed by atoms with Crippen molar-refractivity contribution in [3.63, 3.8) is 0 Å². The monoisotopic (exact) mass is 294 g/mol. The molecule has 64 valence electrons. The Bertz CT molecular complexity index is 317. The lowest BCUT2D eigenvalue weighted by Crippen LogP contribution is -2.13. The number of hydrogen-bond donors (Lipinski definition) is 2. The van der Waals surface area contributed by atoms with Crippen LogP contribution in [0.1, 0.15) is 10.5 Å². The van der Waals surface area contributed by atoms with Crippen LogP contribution in [0, 0.1) is 0 Å². The van der Waals surface area contributed by atoms with Gasteiger partial charge in [0.2, 0.25) is 0 Å². The lowest BCUT2D eigenvalue weighted by Gasteiger charge is -2.00. The van der Waals surface area contributed by atoms with E-state index in [1.54, 1.807) is 0 Å². The molecule has 1 aromatic rings. The molecule has 0 aromatic carbocycles. The van der Waals surface area contributed by atoms with E-state index in [1.807, 2.05) is 0 Å². The SMILES string of the molecule is NC(=O)c1cc(Br)c(O)c(Br)n1. The Hall–Kier alpha value is -0.620. The summed E-state index contributed by atoms with van der Waals surface area (Å²) in [4.78, 5) is 14.3. The Balaban J connectivity index is 3.31. The molecular formula is C6H4Br2N2O2. The molecule has 0 unspecified atom stereocenters. The molecule has 0 aliphatic heterocycles. The van der Waals surface area contributed by atoms with E-state index in [2.05, 4.69) is 36.8 Å². The van der Waals surface area contributed by atoms with E-state index < -0.39 is 5.91 Å². The Morgan fingerprint density at radius 2 is 2.17 bits per heavy atom. The van der Waals surface area contributed by atoms with Crippen LogP contribution >= 0.6 is 31.9 Å². The fourth-order valence-electron chi connectivity index (χ4n) is 0.604. The Morgan fingerprint density at radius 3 is 2.58 bits per heavy atom. The van der Waals surface area contributed by atoms with E-state index in [9.17, 15) is 9.90 Å². The largest absolute Gasteiger partial charge is 0.504 e. The first-order valence-electron chi connectivity index (χ1n) is 2.87. The molecule has 0 bridgehead atoms. The topological polar surface area (TPSA) is 76.2 Å². The Labute approximate surface area is 85.0 Å². The molecule has 1 amide bonds. The molecule has 1 aromatic heterocycles. The lowest BCUT2D eigenvalue weighted by molar-refractivity contribution is 0.0995. The number of aromatic hydroxyl groups is 1. The quantitative estimate of drug-likeness (QED) is 0.769. The molecule has 4 nitrogen and oxygen atoms in total. The van der Waals surface area contributed by atoms with E-state index >= 15 is 0 Å². The Morgan fingerprint density at radius 1 is 1.58 bits per heavy atom. The number of primary amides is 1.